The number of aromatic nitrogens is 3. The molecule has 0 saturated carbocycles. The van der Waals surface area contributed by atoms with Crippen LogP contribution in [0.5, 0.6) is 0 Å². The highest BCUT2D eigenvalue weighted by atomic mass is 35.5. The van der Waals surface area contributed by atoms with Crippen LogP contribution in [0, 0.1) is 0 Å². The van der Waals surface area contributed by atoms with Gasteiger partial charge < -0.3 is 9.88 Å². The molecule has 152 valence electrons. The van der Waals surface area contributed by atoms with Crippen LogP contribution >= 0.6 is 22.9 Å². The molecule has 4 rings (SSSR count). The number of fused-ring (bicyclic) bond motifs is 1. The van der Waals surface area contributed by atoms with Gasteiger partial charge in [0.25, 0.3) is 15.9 Å². The number of sulfonamides is 1. The largest absolute Gasteiger partial charge is 0.339 e. The van der Waals surface area contributed by atoms with E-state index in [4.69, 9.17) is 11.6 Å². The van der Waals surface area contributed by atoms with Crippen LogP contribution in [0.15, 0.2) is 41.8 Å². The fourth-order valence-electron chi connectivity index (χ4n) is 3.05. The van der Waals surface area contributed by atoms with Gasteiger partial charge in [0, 0.05) is 48.3 Å². The quantitative estimate of drug-likeness (QED) is 0.657. The molecule has 29 heavy (non-hydrogen) atoms. The molecule has 3 aromatic rings. The first-order valence-corrected chi connectivity index (χ1v) is 11.5. The van der Waals surface area contributed by atoms with Gasteiger partial charge in [-0.05, 0) is 30.7 Å². The number of rotatable bonds is 4. The number of hydrogen-bond donors (Lipinski definition) is 1. The van der Waals surface area contributed by atoms with E-state index in [0.717, 1.165) is 10.6 Å². The maximum Gasteiger partial charge on any atom is 0.284 e. The van der Waals surface area contributed by atoms with Gasteiger partial charge in [-0.2, -0.15) is 4.31 Å². The molecule has 2 aromatic heterocycles. The van der Waals surface area contributed by atoms with Crippen molar-refractivity contribution >= 4 is 44.6 Å². The van der Waals surface area contributed by atoms with Crippen LogP contribution in [-0.4, -0.2) is 46.3 Å². The molecule has 0 bridgehead atoms. The average Bonchev–Trinajstić information content (AvgIpc) is 3.25. The van der Waals surface area contributed by atoms with E-state index >= 15 is 0 Å². The van der Waals surface area contributed by atoms with E-state index in [1.807, 2.05) is 0 Å². The van der Waals surface area contributed by atoms with Crippen LogP contribution in [0.3, 0.4) is 0 Å². The van der Waals surface area contributed by atoms with Crippen molar-refractivity contribution in [1.82, 2.24) is 18.8 Å². The number of anilines is 1. The highest BCUT2D eigenvalue weighted by Gasteiger charge is 2.30. The number of benzene rings is 1. The number of nitrogens with one attached hydrogen (secondary N) is 1. The summed E-state index contributed by atoms with van der Waals surface area (Å²) in [5.74, 6) is -0.289. The molecule has 1 amide bonds. The molecule has 0 atom stereocenters. The molecule has 11 heteroatoms. The molecule has 0 aliphatic carbocycles. The van der Waals surface area contributed by atoms with Crippen molar-refractivity contribution in [3.63, 3.8) is 0 Å². The normalized spacial score (nSPS) is 15.0. The molecule has 1 aromatic carbocycles. The molecule has 3 heterocycles. The molecule has 1 aliphatic heterocycles. The topological polar surface area (TPSA) is 97.2 Å². The molecule has 8 nitrogen and oxygen atoms in total. The van der Waals surface area contributed by atoms with E-state index in [1.165, 1.54) is 28.2 Å². The highest BCUT2D eigenvalue weighted by Crippen LogP contribution is 2.26. The summed E-state index contributed by atoms with van der Waals surface area (Å²) in [5, 5.41) is 3.80. The number of thiazole rings is 1. The van der Waals surface area contributed by atoms with Gasteiger partial charge in [0.15, 0.2) is 10.0 Å². The summed E-state index contributed by atoms with van der Waals surface area (Å²) in [5.41, 5.74) is 1.41. The van der Waals surface area contributed by atoms with E-state index in [0.29, 0.717) is 41.6 Å². The number of carbonyl (C=O) groups excluding carboxylic acids is 1. The molecular weight excluding hydrogens is 434 g/mol. The standard InChI is InChI=1S/C18H18ClN5O3S2/c1-23-10-16(20-11-23)29(26,27)24-8-6-14-15(7-9-24)28-18(22-14)17(25)21-13-4-2-12(19)3-5-13/h2-5,10-11H,6-9H2,1H3,(H,21,25). The molecule has 1 N–H and O–H groups in total. The maximum absolute atomic E-state index is 12.8. The first-order chi connectivity index (χ1) is 13.8. The molecule has 1 aliphatic rings. The summed E-state index contributed by atoms with van der Waals surface area (Å²) >= 11 is 7.16. The van der Waals surface area contributed by atoms with Crippen molar-refractivity contribution in [2.24, 2.45) is 7.05 Å². The third kappa shape index (κ3) is 4.20. The summed E-state index contributed by atoms with van der Waals surface area (Å²) in [4.78, 5) is 21.9. The lowest BCUT2D eigenvalue weighted by molar-refractivity contribution is 0.102. The van der Waals surface area contributed by atoms with Gasteiger partial charge in [0.2, 0.25) is 0 Å². The van der Waals surface area contributed by atoms with Gasteiger partial charge in [0.1, 0.15) is 0 Å². The summed E-state index contributed by atoms with van der Waals surface area (Å²) in [7, 11) is -1.91. The van der Waals surface area contributed by atoms with Gasteiger partial charge in [-0.1, -0.05) is 11.6 Å². The lowest BCUT2D eigenvalue weighted by Gasteiger charge is -2.18. The van der Waals surface area contributed by atoms with Gasteiger partial charge in [-0.15, -0.1) is 11.3 Å². The molecule has 0 radical (unpaired) electrons. The fraction of sp³-hybridized carbons (Fsp3) is 0.278. The highest BCUT2D eigenvalue weighted by molar-refractivity contribution is 7.89. The van der Waals surface area contributed by atoms with E-state index in [-0.39, 0.29) is 10.9 Å². The van der Waals surface area contributed by atoms with Crippen molar-refractivity contribution in [2.75, 3.05) is 18.4 Å². The Morgan fingerprint density at radius 3 is 2.62 bits per heavy atom. The second-order valence-electron chi connectivity index (χ2n) is 6.63. The predicted molar refractivity (Wildman–Crippen MR) is 111 cm³/mol. The first-order valence-electron chi connectivity index (χ1n) is 8.86. The Balaban J connectivity index is 1.46. The van der Waals surface area contributed by atoms with Gasteiger partial charge in [0.05, 0.1) is 12.0 Å². The molecule has 0 spiro atoms. The Morgan fingerprint density at radius 2 is 1.93 bits per heavy atom. The Hall–Kier alpha value is -2.27. The zero-order valence-electron chi connectivity index (χ0n) is 15.5. The minimum atomic E-state index is -3.64. The number of nitrogens with zero attached hydrogens (tertiary/aromatic N) is 4. The second-order valence-corrected chi connectivity index (χ2v) is 10.0. The average molecular weight is 452 g/mol. The molecule has 0 unspecified atom stereocenters. The van der Waals surface area contributed by atoms with Crippen LogP contribution in [0.2, 0.25) is 5.02 Å². The fourth-order valence-corrected chi connectivity index (χ4v) is 5.58. The third-order valence-corrected chi connectivity index (χ3v) is 7.74. The van der Waals surface area contributed by atoms with E-state index in [2.05, 4.69) is 15.3 Å². The van der Waals surface area contributed by atoms with E-state index in [9.17, 15) is 13.2 Å². The van der Waals surface area contributed by atoms with Gasteiger partial charge in [-0.3, -0.25) is 4.79 Å². The Morgan fingerprint density at radius 1 is 1.21 bits per heavy atom. The lowest BCUT2D eigenvalue weighted by Crippen LogP contribution is -2.33. The van der Waals surface area contributed by atoms with Crippen LogP contribution in [-0.2, 0) is 29.9 Å². The predicted octanol–water partition coefficient (Wildman–Crippen LogP) is 2.57. The smallest absolute Gasteiger partial charge is 0.284 e. The Labute approximate surface area is 177 Å². The van der Waals surface area contributed by atoms with Crippen molar-refractivity contribution in [1.29, 1.82) is 0 Å². The summed E-state index contributed by atoms with van der Waals surface area (Å²) < 4.78 is 28.6. The third-order valence-electron chi connectivity index (χ3n) is 4.55. The minimum Gasteiger partial charge on any atom is -0.339 e. The molecular formula is C18H18ClN5O3S2. The molecule has 0 saturated heterocycles. The number of halogens is 1. The van der Waals surface area contributed by atoms with Gasteiger partial charge in [-0.25, -0.2) is 18.4 Å². The van der Waals surface area contributed by atoms with Crippen LogP contribution in [0.1, 0.15) is 20.4 Å². The first kappa shape index (κ1) is 20.0. The monoisotopic (exact) mass is 451 g/mol. The van der Waals surface area contributed by atoms with E-state index in [1.54, 1.807) is 35.9 Å². The lowest BCUT2D eigenvalue weighted by atomic mass is 10.2. The zero-order chi connectivity index (χ0) is 20.6. The van der Waals surface area contributed by atoms with Crippen molar-refractivity contribution in [3.8, 4) is 0 Å². The van der Waals surface area contributed by atoms with Gasteiger partial charge >= 0.3 is 0 Å². The van der Waals surface area contributed by atoms with Crippen LogP contribution < -0.4 is 5.32 Å². The number of carbonyl (C=O) groups is 1. The van der Waals surface area contributed by atoms with Crippen molar-refractivity contribution < 1.29 is 13.2 Å². The number of amides is 1. The van der Waals surface area contributed by atoms with Crippen LogP contribution in [0.25, 0.3) is 0 Å². The van der Waals surface area contributed by atoms with Crippen LogP contribution in [0.4, 0.5) is 5.69 Å². The summed E-state index contributed by atoms with van der Waals surface area (Å²) in [6.45, 7) is 0.625. The minimum absolute atomic E-state index is 0.0428. The number of imidazole rings is 1. The Kier molecular flexibility index (Phi) is 5.43. The molecule has 0 fully saturated rings. The SMILES string of the molecule is Cn1cnc(S(=O)(=O)N2CCc3nc(C(=O)Nc4ccc(Cl)cc4)sc3CC2)c1. The van der Waals surface area contributed by atoms with E-state index < -0.39 is 10.0 Å². The summed E-state index contributed by atoms with van der Waals surface area (Å²) in [6.07, 6.45) is 3.92. The summed E-state index contributed by atoms with van der Waals surface area (Å²) in [6, 6.07) is 6.84. The zero-order valence-corrected chi connectivity index (χ0v) is 17.9. The maximum atomic E-state index is 12.8. The second kappa shape index (κ2) is 7.86. The van der Waals surface area contributed by atoms with Crippen molar-refractivity contribution in [3.05, 3.63) is 57.4 Å². The Bertz CT molecular complexity index is 1130. The number of hydrogen-bond acceptors (Lipinski definition) is 6. The number of aryl methyl sites for hydroxylation is 1. The van der Waals surface area contributed by atoms with Crippen molar-refractivity contribution in [2.45, 2.75) is 17.9 Å².